The Morgan fingerprint density at radius 2 is 0.823 bits per heavy atom. The lowest BCUT2D eigenvalue weighted by molar-refractivity contribution is 1.18. The second kappa shape index (κ2) is 14.8. The SMILES string of the molecule is c1cc(-c2cc3ccccc3c3ccccc23)cc(N(c2ccc(-c3ccccc3-n3c4ccccc4c4ccccc43)cc2)c2ccccc2-c2cccc3ccccc23)c1. The van der Waals surface area contributed by atoms with Gasteiger partial charge in [-0.1, -0.05) is 188 Å². The highest BCUT2D eigenvalue weighted by atomic mass is 15.1. The summed E-state index contributed by atoms with van der Waals surface area (Å²) < 4.78 is 2.42. The normalized spacial score (nSPS) is 11.5. The van der Waals surface area contributed by atoms with Crippen LogP contribution in [0.25, 0.3) is 93.2 Å². The van der Waals surface area contributed by atoms with E-state index in [0.29, 0.717) is 0 Å². The molecule has 0 fully saturated rings. The molecule has 290 valence electrons. The van der Waals surface area contributed by atoms with Gasteiger partial charge >= 0.3 is 0 Å². The second-order valence-corrected chi connectivity index (χ2v) is 16.1. The van der Waals surface area contributed by atoms with Gasteiger partial charge in [-0.25, -0.2) is 0 Å². The van der Waals surface area contributed by atoms with E-state index in [1.54, 1.807) is 0 Å². The van der Waals surface area contributed by atoms with Crippen LogP contribution in [0.5, 0.6) is 0 Å². The van der Waals surface area contributed by atoms with Crippen LogP contribution >= 0.6 is 0 Å². The highest BCUT2D eigenvalue weighted by Gasteiger charge is 2.21. The van der Waals surface area contributed by atoms with Crippen molar-refractivity contribution in [3.63, 3.8) is 0 Å². The number of anilines is 3. The van der Waals surface area contributed by atoms with Crippen molar-refractivity contribution < 1.29 is 0 Å². The maximum Gasteiger partial charge on any atom is 0.0541 e. The molecular weight excluding hydrogens is 749 g/mol. The molecule has 0 N–H and O–H groups in total. The van der Waals surface area contributed by atoms with E-state index in [4.69, 9.17) is 0 Å². The number of rotatable bonds is 7. The summed E-state index contributed by atoms with van der Waals surface area (Å²) >= 11 is 0. The fourth-order valence-corrected chi connectivity index (χ4v) is 9.77. The van der Waals surface area contributed by atoms with Crippen molar-refractivity contribution in [1.29, 1.82) is 0 Å². The summed E-state index contributed by atoms with van der Waals surface area (Å²) in [6.45, 7) is 0. The van der Waals surface area contributed by atoms with Gasteiger partial charge in [0.25, 0.3) is 0 Å². The van der Waals surface area contributed by atoms with E-state index < -0.39 is 0 Å². The molecule has 62 heavy (non-hydrogen) atoms. The summed E-state index contributed by atoms with van der Waals surface area (Å²) in [6, 6.07) is 88.5. The quantitative estimate of drug-likeness (QED) is 0.146. The van der Waals surface area contributed by atoms with Crippen LogP contribution in [0.2, 0.25) is 0 Å². The molecule has 2 nitrogen and oxygen atoms in total. The van der Waals surface area contributed by atoms with E-state index in [1.807, 2.05) is 0 Å². The molecule has 12 rings (SSSR count). The zero-order valence-corrected chi connectivity index (χ0v) is 34.0. The third-order valence-corrected chi connectivity index (χ3v) is 12.6. The van der Waals surface area contributed by atoms with E-state index in [-0.39, 0.29) is 0 Å². The van der Waals surface area contributed by atoms with E-state index in [9.17, 15) is 0 Å². The monoisotopic (exact) mass is 788 g/mol. The Morgan fingerprint density at radius 1 is 0.274 bits per heavy atom. The van der Waals surface area contributed by atoms with Gasteiger partial charge in [-0.3, -0.25) is 0 Å². The van der Waals surface area contributed by atoms with Crippen molar-refractivity contribution >= 4 is 71.2 Å². The highest BCUT2D eigenvalue weighted by molar-refractivity contribution is 6.14. The molecule has 0 atom stereocenters. The Hall–Kier alpha value is -8.20. The minimum atomic E-state index is 1.08. The third-order valence-electron chi connectivity index (χ3n) is 12.6. The Kier molecular flexibility index (Phi) is 8.53. The summed E-state index contributed by atoms with van der Waals surface area (Å²) in [5, 5.41) is 9.99. The maximum atomic E-state index is 2.44. The number of nitrogens with zero attached hydrogens (tertiary/aromatic N) is 2. The average molecular weight is 789 g/mol. The van der Waals surface area contributed by atoms with E-state index in [1.165, 1.54) is 81.9 Å². The predicted octanol–water partition coefficient (Wildman–Crippen LogP) is 16.7. The van der Waals surface area contributed by atoms with Gasteiger partial charge in [0.15, 0.2) is 0 Å². The molecule has 1 aromatic heterocycles. The molecule has 0 aliphatic rings. The van der Waals surface area contributed by atoms with Crippen molar-refractivity contribution in [2.24, 2.45) is 0 Å². The topological polar surface area (TPSA) is 8.17 Å². The van der Waals surface area contributed by atoms with Crippen LogP contribution in [-0.4, -0.2) is 4.57 Å². The largest absolute Gasteiger partial charge is 0.310 e. The van der Waals surface area contributed by atoms with Crippen LogP contribution in [-0.2, 0) is 0 Å². The lowest BCUT2D eigenvalue weighted by atomic mass is 9.93. The molecule has 0 aliphatic carbocycles. The Morgan fingerprint density at radius 3 is 1.60 bits per heavy atom. The van der Waals surface area contributed by atoms with Gasteiger partial charge in [0.1, 0.15) is 0 Å². The lowest BCUT2D eigenvalue weighted by Crippen LogP contribution is -2.11. The van der Waals surface area contributed by atoms with Gasteiger partial charge in [0, 0.05) is 33.3 Å². The van der Waals surface area contributed by atoms with Crippen LogP contribution in [0.1, 0.15) is 0 Å². The molecule has 0 saturated heterocycles. The first kappa shape index (κ1) is 35.7. The van der Waals surface area contributed by atoms with Crippen LogP contribution in [0.3, 0.4) is 0 Å². The van der Waals surface area contributed by atoms with E-state index in [0.717, 1.165) is 28.3 Å². The number of hydrogen-bond donors (Lipinski definition) is 0. The molecule has 1 heterocycles. The minimum Gasteiger partial charge on any atom is -0.310 e. The first-order chi connectivity index (χ1) is 30.8. The summed E-state index contributed by atoms with van der Waals surface area (Å²) in [5.74, 6) is 0. The zero-order chi connectivity index (χ0) is 41.0. The standard InChI is InChI=1S/C60H40N2/c1-3-22-47-41(17-1)19-16-30-51(47)53-27-8-12-32-58(53)61(46-21-15-20-43(39-46)56-40-44-18-2-4-23-48(44)50-25-5-6-26-52(50)56)45-37-35-42(36-38-45)49-24-7-11-31-57(49)62-59-33-13-9-28-54(59)55-29-10-14-34-60(55)62/h1-40H. The number of aromatic nitrogens is 1. The molecule has 0 aliphatic heterocycles. The first-order valence-corrected chi connectivity index (χ1v) is 21.3. The summed E-state index contributed by atoms with van der Waals surface area (Å²) in [6.07, 6.45) is 0. The predicted molar refractivity (Wildman–Crippen MR) is 264 cm³/mol. The number of hydrogen-bond acceptors (Lipinski definition) is 1. The number of para-hydroxylation sites is 4. The van der Waals surface area contributed by atoms with Crippen molar-refractivity contribution in [2.45, 2.75) is 0 Å². The fraction of sp³-hybridized carbons (Fsp3) is 0. The van der Waals surface area contributed by atoms with Gasteiger partial charge in [0.2, 0.25) is 0 Å². The molecular formula is C60H40N2. The molecule has 12 aromatic rings. The van der Waals surface area contributed by atoms with E-state index >= 15 is 0 Å². The maximum absolute atomic E-state index is 2.44. The number of benzene rings is 11. The third kappa shape index (κ3) is 5.88. The van der Waals surface area contributed by atoms with Crippen molar-refractivity contribution in [3.05, 3.63) is 243 Å². The smallest absolute Gasteiger partial charge is 0.0541 e. The van der Waals surface area contributed by atoms with Crippen LogP contribution < -0.4 is 4.90 Å². The van der Waals surface area contributed by atoms with Gasteiger partial charge in [-0.15, -0.1) is 0 Å². The summed E-state index contributed by atoms with van der Waals surface area (Å²) in [4.78, 5) is 2.44. The minimum absolute atomic E-state index is 1.08. The van der Waals surface area contributed by atoms with E-state index in [2.05, 4.69) is 252 Å². The van der Waals surface area contributed by atoms with Crippen LogP contribution in [0.15, 0.2) is 243 Å². The van der Waals surface area contributed by atoms with Gasteiger partial charge in [-0.05, 0) is 109 Å². The van der Waals surface area contributed by atoms with Crippen molar-refractivity contribution in [1.82, 2.24) is 4.57 Å². The highest BCUT2D eigenvalue weighted by Crippen LogP contribution is 2.45. The lowest BCUT2D eigenvalue weighted by Gasteiger charge is -2.29. The molecule has 0 unspecified atom stereocenters. The molecule has 11 aromatic carbocycles. The van der Waals surface area contributed by atoms with Gasteiger partial charge in [0.05, 0.1) is 22.4 Å². The Balaban J connectivity index is 1.04. The zero-order valence-electron chi connectivity index (χ0n) is 34.0. The fourth-order valence-electron chi connectivity index (χ4n) is 9.77. The Labute approximate surface area is 360 Å². The van der Waals surface area contributed by atoms with Crippen LogP contribution in [0, 0.1) is 0 Å². The van der Waals surface area contributed by atoms with Crippen molar-refractivity contribution in [2.75, 3.05) is 4.90 Å². The van der Waals surface area contributed by atoms with Gasteiger partial charge in [-0.2, -0.15) is 0 Å². The van der Waals surface area contributed by atoms with Gasteiger partial charge < -0.3 is 9.47 Å². The molecule has 0 amide bonds. The molecule has 0 radical (unpaired) electrons. The molecule has 0 bridgehead atoms. The summed E-state index contributed by atoms with van der Waals surface area (Å²) in [7, 11) is 0. The van der Waals surface area contributed by atoms with Crippen LogP contribution in [0.4, 0.5) is 17.1 Å². The first-order valence-electron chi connectivity index (χ1n) is 21.3. The number of fused-ring (bicyclic) bond motifs is 7. The second-order valence-electron chi connectivity index (χ2n) is 16.1. The average Bonchev–Trinajstić information content (AvgIpc) is 3.68. The summed E-state index contributed by atoms with van der Waals surface area (Å²) in [5.41, 5.74) is 14.0. The molecule has 0 spiro atoms. The van der Waals surface area contributed by atoms with Crippen molar-refractivity contribution in [3.8, 4) is 39.1 Å². The molecule has 0 saturated carbocycles. The molecule has 2 heteroatoms. The Bertz CT molecular complexity index is 3590.